The van der Waals surface area contributed by atoms with Gasteiger partial charge in [-0.3, -0.25) is 9.59 Å². The number of hydrogen-bond acceptors (Lipinski definition) is 4. The first-order valence-corrected chi connectivity index (χ1v) is 8.82. The molecule has 0 saturated carbocycles. The fourth-order valence-electron chi connectivity index (χ4n) is 4.01. The highest BCUT2D eigenvalue weighted by molar-refractivity contribution is 6.17. The van der Waals surface area contributed by atoms with Crippen molar-refractivity contribution in [1.82, 2.24) is 0 Å². The van der Waals surface area contributed by atoms with Crippen LogP contribution in [-0.4, -0.2) is 38.1 Å². The van der Waals surface area contributed by atoms with E-state index in [0.29, 0.717) is 18.6 Å². The van der Waals surface area contributed by atoms with Gasteiger partial charge in [-0.1, -0.05) is 48.5 Å². The molecule has 0 aliphatic carbocycles. The molecule has 0 N–H and O–H groups in total. The van der Waals surface area contributed by atoms with Gasteiger partial charge in [0.2, 0.25) is 5.60 Å². The molecular formula is C21H21NO4. The summed E-state index contributed by atoms with van der Waals surface area (Å²) in [6, 6.07) is 16.7. The molecule has 2 aliphatic rings. The number of carbonyl (C=O) groups excluding carboxylic acids is 2. The zero-order chi connectivity index (χ0) is 18.1. The Kier molecular flexibility index (Phi) is 4.34. The Hall–Kier alpha value is -2.50. The van der Waals surface area contributed by atoms with Crippen molar-refractivity contribution in [1.29, 1.82) is 0 Å². The molecule has 1 fully saturated rings. The molecule has 2 heterocycles. The number of methoxy groups -OCH3 is 1. The molecule has 1 amide bonds. The summed E-state index contributed by atoms with van der Waals surface area (Å²) in [6.07, 6.45) is 0.944. The van der Waals surface area contributed by atoms with E-state index in [1.54, 1.807) is 24.1 Å². The van der Waals surface area contributed by atoms with E-state index in [4.69, 9.17) is 9.47 Å². The molecular weight excluding hydrogens is 330 g/mol. The van der Waals surface area contributed by atoms with Gasteiger partial charge in [0.25, 0.3) is 5.91 Å². The highest BCUT2D eigenvalue weighted by Crippen LogP contribution is 2.40. The van der Waals surface area contributed by atoms with E-state index >= 15 is 0 Å². The number of amides is 1. The minimum absolute atomic E-state index is 0.150. The largest absolute Gasteiger partial charge is 0.383 e. The van der Waals surface area contributed by atoms with E-state index in [-0.39, 0.29) is 30.8 Å². The predicted octanol–water partition coefficient (Wildman–Crippen LogP) is 2.48. The number of ketones is 1. The van der Waals surface area contributed by atoms with Crippen molar-refractivity contribution in [3.8, 4) is 0 Å². The van der Waals surface area contributed by atoms with Crippen molar-refractivity contribution in [2.45, 2.75) is 24.5 Å². The van der Waals surface area contributed by atoms with Gasteiger partial charge < -0.3 is 14.4 Å². The smallest absolute Gasteiger partial charge is 0.272 e. The fourth-order valence-corrected chi connectivity index (χ4v) is 4.01. The summed E-state index contributed by atoms with van der Waals surface area (Å²) in [7, 11) is 1.62. The average molecular weight is 351 g/mol. The Morgan fingerprint density at radius 1 is 1.19 bits per heavy atom. The number of carbonyl (C=O) groups is 2. The Balaban J connectivity index is 1.82. The van der Waals surface area contributed by atoms with Crippen LogP contribution in [0.25, 0.3) is 0 Å². The van der Waals surface area contributed by atoms with Crippen LogP contribution in [0, 0.1) is 0 Å². The number of anilines is 1. The van der Waals surface area contributed by atoms with Crippen LogP contribution in [0.3, 0.4) is 0 Å². The van der Waals surface area contributed by atoms with Crippen LogP contribution in [0.4, 0.5) is 5.69 Å². The zero-order valence-corrected chi connectivity index (χ0v) is 14.7. The maximum atomic E-state index is 13.8. The van der Waals surface area contributed by atoms with Crippen LogP contribution in [0.1, 0.15) is 17.5 Å². The molecule has 5 nitrogen and oxygen atoms in total. The molecule has 26 heavy (non-hydrogen) atoms. The van der Waals surface area contributed by atoms with Crippen LogP contribution < -0.4 is 4.90 Å². The number of rotatable bonds is 4. The highest BCUT2D eigenvalue weighted by atomic mass is 16.5. The molecule has 2 aromatic carbocycles. The lowest BCUT2D eigenvalue weighted by atomic mass is 9.87. The lowest BCUT2D eigenvalue weighted by molar-refractivity contribution is -0.149. The van der Waals surface area contributed by atoms with Crippen LogP contribution >= 0.6 is 0 Å². The van der Waals surface area contributed by atoms with Crippen molar-refractivity contribution in [2.24, 2.45) is 0 Å². The number of para-hydroxylation sites is 1. The Labute approximate surface area is 152 Å². The van der Waals surface area contributed by atoms with Crippen molar-refractivity contribution >= 4 is 17.4 Å². The van der Waals surface area contributed by atoms with Gasteiger partial charge in [-0.15, -0.1) is 0 Å². The van der Waals surface area contributed by atoms with E-state index < -0.39 is 5.60 Å². The monoisotopic (exact) mass is 351 g/mol. The maximum absolute atomic E-state index is 13.8. The van der Waals surface area contributed by atoms with E-state index in [0.717, 1.165) is 11.3 Å². The number of nitrogens with zero attached hydrogens (tertiary/aromatic N) is 1. The molecule has 2 aliphatic heterocycles. The Morgan fingerprint density at radius 3 is 2.62 bits per heavy atom. The first kappa shape index (κ1) is 16.9. The molecule has 0 bridgehead atoms. The van der Waals surface area contributed by atoms with E-state index in [2.05, 4.69) is 0 Å². The van der Waals surface area contributed by atoms with Crippen molar-refractivity contribution in [3.05, 3.63) is 65.7 Å². The Bertz CT molecular complexity index is 835. The number of hydrogen-bond donors (Lipinski definition) is 0. The van der Waals surface area contributed by atoms with Gasteiger partial charge in [0.1, 0.15) is 0 Å². The molecule has 0 spiro atoms. The quantitative estimate of drug-likeness (QED) is 0.794. The lowest BCUT2D eigenvalue weighted by Gasteiger charge is -2.34. The summed E-state index contributed by atoms with van der Waals surface area (Å²) in [5, 5.41) is 0. The molecule has 4 rings (SSSR count). The molecule has 0 radical (unpaired) electrons. The maximum Gasteiger partial charge on any atom is 0.272 e. The fraction of sp³-hybridized carbons (Fsp3) is 0.333. The average Bonchev–Trinajstić information content (AvgIpc) is 3.23. The molecule has 2 aromatic rings. The van der Waals surface area contributed by atoms with E-state index in [9.17, 15) is 9.59 Å². The Morgan fingerprint density at radius 2 is 1.92 bits per heavy atom. The van der Waals surface area contributed by atoms with Crippen LogP contribution in [0.2, 0.25) is 0 Å². The van der Waals surface area contributed by atoms with Crippen molar-refractivity contribution < 1.29 is 19.1 Å². The first-order valence-electron chi connectivity index (χ1n) is 8.82. The summed E-state index contributed by atoms with van der Waals surface area (Å²) in [6.45, 7) is 0.656. The van der Waals surface area contributed by atoms with E-state index in [1.165, 1.54) is 0 Å². The third-order valence-electron chi connectivity index (χ3n) is 5.17. The second-order valence-electron chi connectivity index (χ2n) is 6.69. The van der Waals surface area contributed by atoms with Gasteiger partial charge in [0, 0.05) is 24.8 Å². The molecule has 0 unspecified atom stereocenters. The van der Waals surface area contributed by atoms with Gasteiger partial charge in [-0.25, -0.2) is 0 Å². The van der Waals surface area contributed by atoms with Gasteiger partial charge in [0.15, 0.2) is 5.78 Å². The summed E-state index contributed by atoms with van der Waals surface area (Å²) in [5.41, 5.74) is 0.938. The second-order valence-corrected chi connectivity index (χ2v) is 6.69. The number of fused-ring (bicyclic) bond motifs is 1. The summed E-state index contributed by atoms with van der Waals surface area (Å²) in [4.78, 5) is 28.3. The summed E-state index contributed by atoms with van der Waals surface area (Å²) >= 11 is 0. The summed E-state index contributed by atoms with van der Waals surface area (Å²) < 4.78 is 11.2. The molecule has 5 heteroatoms. The highest BCUT2D eigenvalue weighted by Gasteiger charge is 2.55. The third-order valence-corrected chi connectivity index (χ3v) is 5.17. The van der Waals surface area contributed by atoms with Crippen molar-refractivity contribution in [3.63, 3.8) is 0 Å². The van der Waals surface area contributed by atoms with Crippen LogP contribution in [-0.2, 0) is 31.1 Å². The van der Waals surface area contributed by atoms with E-state index in [1.807, 2.05) is 42.5 Å². The summed E-state index contributed by atoms with van der Waals surface area (Å²) in [5.74, 6) is -0.507. The van der Waals surface area contributed by atoms with Crippen molar-refractivity contribution in [2.75, 3.05) is 25.2 Å². The third kappa shape index (κ3) is 2.47. The van der Waals surface area contributed by atoms with Gasteiger partial charge >= 0.3 is 0 Å². The SMILES string of the molecule is COC[C@@H]1Cc2ccccc2N1C(=O)[C@]1(c2ccccc2)OCCC1=O. The molecule has 1 saturated heterocycles. The number of benzene rings is 2. The van der Waals surface area contributed by atoms with Gasteiger partial charge in [-0.05, 0) is 18.1 Å². The number of Topliss-reactive ketones (excluding diaryl/α,β-unsaturated/α-hetero) is 1. The van der Waals surface area contributed by atoms with Gasteiger partial charge in [0.05, 0.1) is 19.3 Å². The number of ether oxygens (including phenoxy) is 2. The lowest BCUT2D eigenvalue weighted by Crippen LogP contribution is -2.54. The zero-order valence-electron chi connectivity index (χ0n) is 14.7. The molecule has 0 aromatic heterocycles. The molecule has 134 valence electrons. The minimum Gasteiger partial charge on any atom is -0.383 e. The normalized spacial score (nSPS) is 24.7. The topological polar surface area (TPSA) is 55.8 Å². The second kappa shape index (κ2) is 6.67. The predicted molar refractivity (Wildman–Crippen MR) is 97.0 cm³/mol. The minimum atomic E-state index is -1.56. The van der Waals surface area contributed by atoms with Crippen LogP contribution in [0.15, 0.2) is 54.6 Å². The van der Waals surface area contributed by atoms with Gasteiger partial charge in [-0.2, -0.15) is 0 Å². The van der Waals surface area contributed by atoms with Crippen LogP contribution in [0.5, 0.6) is 0 Å². The molecule has 2 atom stereocenters. The standard InChI is InChI=1S/C21H21NO4/c1-25-14-17-13-15-7-5-6-10-18(15)22(17)20(24)21(19(23)11-12-26-21)16-8-3-2-4-9-16/h2-10,17H,11-14H2,1H3/t17-,21+/m0/s1. The first-order chi connectivity index (χ1) is 12.7.